The van der Waals surface area contributed by atoms with E-state index in [1.165, 1.54) is 13.8 Å². The summed E-state index contributed by atoms with van der Waals surface area (Å²) >= 11 is 0. The van der Waals surface area contributed by atoms with E-state index in [2.05, 4.69) is 11.9 Å². The minimum atomic E-state index is -0.880. The third-order valence-electron chi connectivity index (χ3n) is 2.93. The molecule has 0 aliphatic carbocycles. The summed E-state index contributed by atoms with van der Waals surface area (Å²) in [6.45, 7) is 6.60. The van der Waals surface area contributed by atoms with Crippen molar-refractivity contribution >= 4 is 11.7 Å². The maximum Gasteiger partial charge on any atom is 0.217 e. The fraction of sp³-hybridized carbons (Fsp3) is 0.333. The van der Waals surface area contributed by atoms with Crippen LogP contribution in [0.15, 0.2) is 43.0 Å². The van der Waals surface area contributed by atoms with E-state index >= 15 is 0 Å². The lowest BCUT2D eigenvalue weighted by Gasteiger charge is -2.31. The molecule has 18 heavy (non-hydrogen) atoms. The highest BCUT2D eigenvalue weighted by Gasteiger charge is 2.35. The van der Waals surface area contributed by atoms with Crippen molar-refractivity contribution in [1.29, 1.82) is 0 Å². The van der Waals surface area contributed by atoms with Crippen LogP contribution in [-0.4, -0.2) is 17.2 Å². The van der Waals surface area contributed by atoms with E-state index in [4.69, 9.17) is 0 Å². The van der Waals surface area contributed by atoms with E-state index < -0.39 is 5.54 Å². The topological polar surface area (TPSA) is 46.2 Å². The molecule has 0 radical (unpaired) electrons. The van der Waals surface area contributed by atoms with Gasteiger partial charge in [-0.1, -0.05) is 36.4 Å². The van der Waals surface area contributed by atoms with Gasteiger partial charge in [-0.25, -0.2) is 0 Å². The third kappa shape index (κ3) is 3.55. The molecule has 1 aromatic rings. The molecular weight excluding hydrogens is 226 g/mol. The van der Waals surface area contributed by atoms with Crippen molar-refractivity contribution in [2.24, 2.45) is 0 Å². The van der Waals surface area contributed by atoms with Crippen LogP contribution in [-0.2, 0) is 16.0 Å². The summed E-state index contributed by atoms with van der Waals surface area (Å²) in [6.07, 6.45) is 2.58. The van der Waals surface area contributed by atoms with Crippen molar-refractivity contribution in [3.63, 3.8) is 0 Å². The molecule has 0 bridgehead atoms. The Morgan fingerprint density at radius 3 is 2.33 bits per heavy atom. The minimum absolute atomic E-state index is 0.0542. The van der Waals surface area contributed by atoms with Crippen molar-refractivity contribution in [3.8, 4) is 0 Å². The van der Waals surface area contributed by atoms with Crippen LogP contribution in [0.5, 0.6) is 0 Å². The molecule has 0 saturated carbocycles. The number of amides is 1. The highest BCUT2D eigenvalue weighted by Crippen LogP contribution is 2.19. The molecule has 3 heteroatoms. The molecule has 0 aromatic heterocycles. The molecule has 1 rings (SSSR count). The van der Waals surface area contributed by atoms with Gasteiger partial charge in [0, 0.05) is 13.3 Å². The van der Waals surface area contributed by atoms with Crippen LogP contribution < -0.4 is 5.32 Å². The van der Waals surface area contributed by atoms with E-state index in [-0.39, 0.29) is 11.7 Å². The second kappa shape index (κ2) is 6.15. The zero-order valence-corrected chi connectivity index (χ0v) is 10.9. The summed E-state index contributed by atoms with van der Waals surface area (Å²) in [5.41, 5.74) is 0.137. The Morgan fingerprint density at radius 1 is 1.28 bits per heavy atom. The van der Waals surface area contributed by atoms with E-state index in [0.717, 1.165) is 5.56 Å². The highest BCUT2D eigenvalue weighted by molar-refractivity contribution is 5.91. The van der Waals surface area contributed by atoms with Gasteiger partial charge in [-0.15, -0.1) is 6.58 Å². The number of ketones is 1. The van der Waals surface area contributed by atoms with Crippen LogP contribution in [0.1, 0.15) is 25.8 Å². The fourth-order valence-corrected chi connectivity index (χ4v) is 2.05. The Hall–Kier alpha value is -1.90. The number of carbonyl (C=O) groups excluding carboxylic acids is 2. The van der Waals surface area contributed by atoms with Gasteiger partial charge in [0.2, 0.25) is 5.91 Å². The summed E-state index contributed by atoms with van der Waals surface area (Å²) in [6, 6.07) is 9.65. The molecule has 0 spiro atoms. The molecule has 3 nitrogen and oxygen atoms in total. The lowest BCUT2D eigenvalue weighted by Crippen LogP contribution is -2.54. The molecule has 0 saturated heterocycles. The normalized spacial score (nSPS) is 13.4. The predicted octanol–water partition coefficient (Wildman–Crippen LogP) is 2.27. The van der Waals surface area contributed by atoms with Crippen molar-refractivity contribution in [3.05, 3.63) is 48.6 Å². The SMILES string of the molecule is C=CCC(Cc1ccccc1)(NC(C)=O)C(C)=O. The van der Waals surface area contributed by atoms with Crippen LogP contribution in [0.4, 0.5) is 0 Å². The summed E-state index contributed by atoms with van der Waals surface area (Å²) < 4.78 is 0. The molecule has 0 fully saturated rings. The van der Waals surface area contributed by atoms with Gasteiger partial charge in [0.05, 0.1) is 0 Å². The average molecular weight is 245 g/mol. The molecule has 1 atom stereocenters. The molecule has 1 unspecified atom stereocenters. The van der Waals surface area contributed by atoms with Gasteiger partial charge in [0.15, 0.2) is 5.78 Å². The first-order chi connectivity index (χ1) is 8.50. The summed E-state index contributed by atoms with van der Waals surface area (Å²) in [4.78, 5) is 23.3. The second-order valence-electron chi connectivity index (χ2n) is 4.47. The minimum Gasteiger partial charge on any atom is -0.343 e. The van der Waals surface area contributed by atoms with Crippen molar-refractivity contribution in [2.75, 3.05) is 0 Å². The van der Waals surface area contributed by atoms with E-state index in [1.54, 1.807) is 6.08 Å². The Kier molecular flexibility index (Phi) is 4.84. The quantitative estimate of drug-likeness (QED) is 0.781. The first kappa shape index (κ1) is 14.2. The lowest BCUT2D eigenvalue weighted by atomic mass is 9.84. The molecule has 96 valence electrons. The largest absolute Gasteiger partial charge is 0.343 e. The van der Waals surface area contributed by atoms with Gasteiger partial charge in [-0.2, -0.15) is 0 Å². The number of hydrogen-bond acceptors (Lipinski definition) is 2. The van der Waals surface area contributed by atoms with Crippen molar-refractivity contribution in [1.82, 2.24) is 5.32 Å². The second-order valence-corrected chi connectivity index (χ2v) is 4.47. The molecule has 1 N–H and O–H groups in total. The Labute approximate surface area is 108 Å². The molecule has 0 aliphatic rings. The third-order valence-corrected chi connectivity index (χ3v) is 2.93. The Morgan fingerprint density at radius 2 is 1.89 bits per heavy atom. The molecule has 0 aliphatic heterocycles. The first-order valence-electron chi connectivity index (χ1n) is 5.95. The first-order valence-corrected chi connectivity index (χ1v) is 5.95. The average Bonchev–Trinajstić information content (AvgIpc) is 2.29. The maximum absolute atomic E-state index is 11.9. The Bertz CT molecular complexity index is 439. The lowest BCUT2D eigenvalue weighted by molar-refractivity contribution is -0.129. The van der Waals surface area contributed by atoms with Gasteiger partial charge in [-0.05, 0) is 18.9 Å². The molecular formula is C15H19NO2. The van der Waals surface area contributed by atoms with Gasteiger partial charge in [0.25, 0.3) is 0 Å². The van der Waals surface area contributed by atoms with E-state index in [0.29, 0.717) is 12.8 Å². The van der Waals surface area contributed by atoms with Crippen LogP contribution in [0.25, 0.3) is 0 Å². The fourth-order valence-electron chi connectivity index (χ4n) is 2.05. The van der Waals surface area contributed by atoms with Gasteiger partial charge < -0.3 is 5.32 Å². The summed E-state index contributed by atoms with van der Waals surface area (Å²) in [7, 11) is 0. The smallest absolute Gasteiger partial charge is 0.217 e. The maximum atomic E-state index is 11.9. The number of benzene rings is 1. The number of carbonyl (C=O) groups is 2. The van der Waals surface area contributed by atoms with Crippen LogP contribution in [0.3, 0.4) is 0 Å². The zero-order chi connectivity index (χ0) is 13.6. The van der Waals surface area contributed by atoms with E-state index in [9.17, 15) is 9.59 Å². The highest BCUT2D eigenvalue weighted by atomic mass is 16.2. The van der Waals surface area contributed by atoms with Gasteiger partial charge in [0.1, 0.15) is 5.54 Å². The van der Waals surface area contributed by atoms with Crippen LogP contribution in [0, 0.1) is 0 Å². The summed E-state index contributed by atoms with van der Waals surface area (Å²) in [5, 5.41) is 2.78. The van der Waals surface area contributed by atoms with E-state index in [1.807, 2.05) is 30.3 Å². The van der Waals surface area contributed by atoms with Gasteiger partial charge in [-0.3, -0.25) is 9.59 Å². The molecule has 1 amide bonds. The number of nitrogens with one attached hydrogen (secondary N) is 1. The molecule has 1 aromatic carbocycles. The number of hydrogen-bond donors (Lipinski definition) is 1. The molecule has 0 heterocycles. The van der Waals surface area contributed by atoms with Gasteiger partial charge >= 0.3 is 0 Å². The number of rotatable bonds is 6. The standard InChI is InChI=1S/C15H19NO2/c1-4-10-15(12(2)17,16-13(3)18)11-14-8-6-5-7-9-14/h4-9H,1,10-11H2,2-3H3,(H,16,18). The van der Waals surface area contributed by atoms with Crippen LogP contribution >= 0.6 is 0 Å². The zero-order valence-electron chi connectivity index (χ0n) is 10.9. The van der Waals surface area contributed by atoms with Crippen molar-refractivity contribution in [2.45, 2.75) is 32.2 Å². The van der Waals surface area contributed by atoms with Crippen molar-refractivity contribution < 1.29 is 9.59 Å². The monoisotopic (exact) mass is 245 g/mol. The Balaban J connectivity index is 3.05. The van der Waals surface area contributed by atoms with Crippen LogP contribution in [0.2, 0.25) is 0 Å². The predicted molar refractivity (Wildman–Crippen MR) is 72.2 cm³/mol. The summed E-state index contributed by atoms with van der Waals surface area (Å²) in [5.74, 6) is -0.260. The number of Topliss-reactive ketones (excluding diaryl/α,β-unsaturated/α-hetero) is 1.